The van der Waals surface area contributed by atoms with E-state index in [0.717, 1.165) is 18.4 Å². The van der Waals surface area contributed by atoms with Crippen LogP contribution in [0.25, 0.3) is 11.2 Å². The van der Waals surface area contributed by atoms with E-state index in [2.05, 4.69) is 26.8 Å². The van der Waals surface area contributed by atoms with Gasteiger partial charge in [0.25, 0.3) is 6.01 Å². The Labute approximate surface area is 204 Å². The third kappa shape index (κ3) is 7.27. The molecule has 2 aromatic heterocycles. The molecule has 0 aliphatic carbocycles. The van der Waals surface area contributed by atoms with Crippen LogP contribution in [0.3, 0.4) is 0 Å². The van der Waals surface area contributed by atoms with Crippen molar-refractivity contribution < 1.29 is 24.1 Å². The van der Waals surface area contributed by atoms with Crippen molar-refractivity contribution in [1.29, 1.82) is 0 Å². The molecule has 0 atom stereocenters. The molecule has 0 bridgehead atoms. The molecule has 1 aromatic carbocycles. The smallest absolute Gasteiger partial charge is 0.320 e. The number of nitrogens with two attached hydrogens (primary N) is 1. The summed E-state index contributed by atoms with van der Waals surface area (Å²) in [5.41, 5.74) is 8.85. The van der Waals surface area contributed by atoms with Gasteiger partial charge in [-0.2, -0.15) is 15.0 Å². The molecule has 0 fully saturated rings. The standard InChI is InChI=1S/C24H34N6O5/c1-4-5-12-35-23-27-21(25)20-22(28-23)30(24(26-20)34-3)10-9-29(11-13-33-2)16-18-8-6-7-17(14-18)15-19(31)32/h6-8,14H,4-5,9-13,15-16H2,1-3H3,(H,31,32)(H2,25,27,28)/p-1. The van der Waals surface area contributed by atoms with E-state index < -0.39 is 5.97 Å². The number of carboxylic acids is 1. The number of nitrogen functional groups attached to an aromatic ring is 1. The second kappa shape index (κ2) is 12.9. The summed E-state index contributed by atoms with van der Waals surface area (Å²) < 4.78 is 18.3. The molecule has 3 aromatic rings. The van der Waals surface area contributed by atoms with Crippen LogP contribution >= 0.6 is 0 Å². The van der Waals surface area contributed by atoms with Gasteiger partial charge >= 0.3 is 6.01 Å². The number of benzene rings is 1. The predicted octanol–water partition coefficient (Wildman–Crippen LogP) is 1.04. The van der Waals surface area contributed by atoms with Crippen molar-refractivity contribution in [3.05, 3.63) is 35.4 Å². The number of imidazole rings is 1. The summed E-state index contributed by atoms with van der Waals surface area (Å²) in [6.45, 7) is 5.58. The monoisotopic (exact) mass is 485 g/mol. The maximum Gasteiger partial charge on any atom is 0.320 e. The fourth-order valence-corrected chi connectivity index (χ4v) is 3.71. The van der Waals surface area contributed by atoms with Crippen LogP contribution in [0.2, 0.25) is 0 Å². The first-order valence-electron chi connectivity index (χ1n) is 11.6. The number of unbranched alkanes of at least 4 members (excludes halogenated alkanes) is 1. The molecule has 2 heterocycles. The lowest BCUT2D eigenvalue weighted by molar-refractivity contribution is -0.304. The Morgan fingerprint density at radius 2 is 1.94 bits per heavy atom. The van der Waals surface area contributed by atoms with Crippen molar-refractivity contribution in [3.8, 4) is 12.0 Å². The molecule has 0 aliphatic heterocycles. The summed E-state index contributed by atoms with van der Waals surface area (Å²) in [4.78, 5) is 26.4. The lowest BCUT2D eigenvalue weighted by Crippen LogP contribution is -2.30. The van der Waals surface area contributed by atoms with Crippen LogP contribution in [0.5, 0.6) is 12.0 Å². The average molecular weight is 486 g/mol. The molecule has 2 N–H and O–H groups in total. The fraction of sp³-hybridized carbons (Fsp3) is 0.500. The highest BCUT2D eigenvalue weighted by molar-refractivity contribution is 5.83. The number of carbonyl (C=O) groups excluding carboxylic acids is 1. The topological polar surface area (TPSA) is 141 Å². The molecule has 0 saturated heterocycles. The summed E-state index contributed by atoms with van der Waals surface area (Å²) >= 11 is 0. The maximum atomic E-state index is 11.0. The lowest BCUT2D eigenvalue weighted by Gasteiger charge is -2.23. The van der Waals surface area contributed by atoms with E-state index in [1.54, 1.807) is 20.3 Å². The van der Waals surface area contributed by atoms with Crippen LogP contribution in [0.1, 0.15) is 30.9 Å². The van der Waals surface area contributed by atoms with E-state index in [4.69, 9.17) is 19.9 Å². The van der Waals surface area contributed by atoms with Gasteiger partial charge in [-0.15, -0.1) is 0 Å². The number of aromatic nitrogens is 4. The lowest BCUT2D eigenvalue weighted by atomic mass is 10.1. The number of fused-ring (bicyclic) bond motifs is 1. The molecule has 190 valence electrons. The Morgan fingerprint density at radius 1 is 1.14 bits per heavy atom. The van der Waals surface area contributed by atoms with Crippen LogP contribution in [-0.2, 0) is 29.0 Å². The van der Waals surface area contributed by atoms with Gasteiger partial charge in [0.1, 0.15) is 0 Å². The molecule has 0 saturated carbocycles. The highest BCUT2D eigenvalue weighted by atomic mass is 16.5. The Hall–Kier alpha value is -3.44. The Balaban J connectivity index is 1.81. The molecule has 3 rings (SSSR count). The van der Waals surface area contributed by atoms with Crippen LogP contribution < -0.4 is 20.3 Å². The second-order valence-electron chi connectivity index (χ2n) is 8.15. The van der Waals surface area contributed by atoms with Crippen molar-refractivity contribution in [3.63, 3.8) is 0 Å². The summed E-state index contributed by atoms with van der Waals surface area (Å²) in [6.07, 6.45) is 1.77. The van der Waals surface area contributed by atoms with Crippen LogP contribution in [0, 0.1) is 0 Å². The zero-order valence-electron chi connectivity index (χ0n) is 20.5. The summed E-state index contributed by atoms with van der Waals surface area (Å²) in [7, 11) is 3.20. The van der Waals surface area contributed by atoms with Crippen LogP contribution in [-0.4, -0.2) is 70.9 Å². The zero-order valence-corrected chi connectivity index (χ0v) is 20.5. The minimum Gasteiger partial charge on any atom is -0.550 e. The first kappa shape index (κ1) is 26.2. The number of rotatable bonds is 15. The summed E-state index contributed by atoms with van der Waals surface area (Å²) in [6, 6.07) is 8.10. The third-order valence-corrected chi connectivity index (χ3v) is 5.48. The summed E-state index contributed by atoms with van der Waals surface area (Å²) in [5.74, 6) is -0.865. The Bertz CT molecular complexity index is 1120. The van der Waals surface area contributed by atoms with E-state index in [9.17, 15) is 9.90 Å². The Kier molecular flexibility index (Phi) is 9.62. The fourth-order valence-electron chi connectivity index (χ4n) is 3.71. The number of hydrogen-bond acceptors (Lipinski definition) is 10. The molecular weight excluding hydrogens is 452 g/mol. The van der Waals surface area contributed by atoms with Crippen molar-refractivity contribution >= 4 is 23.0 Å². The number of ether oxygens (including phenoxy) is 3. The SMILES string of the molecule is CCCCOc1nc(N)c2nc(OC)n(CCN(CCOC)Cc3cccc(CC(=O)[O-])c3)c2n1. The number of nitrogens with zero attached hydrogens (tertiary/aromatic N) is 5. The number of hydrogen-bond donors (Lipinski definition) is 1. The zero-order chi connectivity index (χ0) is 25.2. The van der Waals surface area contributed by atoms with E-state index >= 15 is 0 Å². The van der Waals surface area contributed by atoms with Gasteiger partial charge in [-0.1, -0.05) is 37.6 Å². The van der Waals surface area contributed by atoms with Gasteiger partial charge < -0.3 is 29.8 Å². The molecule has 0 unspecified atom stereocenters. The van der Waals surface area contributed by atoms with Gasteiger partial charge in [0.15, 0.2) is 17.0 Å². The van der Waals surface area contributed by atoms with E-state index in [1.807, 2.05) is 22.8 Å². The quantitative estimate of drug-likeness (QED) is 0.310. The second-order valence-corrected chi connectivity index (χ2v) is 8.15. The number of carboxylic acid groups (broad SMARTS) is 1. The van der Waals surface area contributed by atoms with E-state index in [-0.39, 0.29) is 18.2 Å². The van der Waals surface area contributed by atoms with Gasteiger partial charge in [0.05, 0.1) is 20.3 Å². The molecule has 0 spiro atoms. The van der Waals surface area contributed by atoms with Gasteiger partial charge in [-0.25, -0.2) is 0 Å². The third-order valence-electron chi connectivity index (χ3n) is 5.48. The summed E-state index contributed by atoms with van der Waals surface area (Å²) in [5, 5.41) is 11.0. The van der Waals surface area contributed by atoms with Crippen molar-refractivity contribution in [2.24, 2.45) is 0 Å². The van der Waals surface area contributed by atoms with Crippen molar-refractivity contribution in [2.75, 3.05) is 46.3 Å². The highest BCUT2D eigenvalue weighted by Gasteiger charge is 2.19. The first-order chi connectivity index (χ1) is 16.9. The maximum absolute atomic E-state index is 11.0. The van der Waals surface area contributed by atoms with Gasteiger partial charge in [0, 0.05) is 45.7 Å². The van der Waals surface area contributed by atoms with Gasteiger partial charge in [-0.05, 0) is 17.5 Å². The predicted molar refractivity (Wildman–Crippen MR) is 129 cm³/mol. The molecule has 11 nitrogen and oxygen atoms in total. The van der Waals surface area contributed by atoms with Crippen LogP contribution in [0.4, 0.5) is 5.82 Å². The normalized spacial score (nSPS) is 11.3. The Morgan fingerprint density at radius 3 is 2.66 bits per heavy atom. The van der Waals surface area contributed by atoms with Gasteiger partial charge in [-0.3, -0.25) is 9.47 Å². The first-order valence-corrected chi connectivity index (χ1v) is 11.6. The number of anilines is 1. The van der Waals surface area contributed by atoms with Gasteiger partial charge in [0.2, 0.25) is 0 Å². The molecule has 11 heteroatoms. The van der Waals surface area contributed by atoms with E-state index in [0.29, 0.717) is 62.1 Å². The largest absolute Gasteiger partial charge is 0.550 e. The highest BCUT2D eigenvalue weighted by Crippen LogP contribution is 2.25. The number of aliphatic carboxylic acids is 1. The average Bonchev–Trinajstić information content (AvgIpc) is 3.19. The molecule has 35 heavy (non-hydrogen) atoms. The van der Waals surface area contributed by atoms with Crippen molar-refractivity contribution in [2.45, 2.75) is 39.3 Å². The minimum atomic E-state index is -1.10. The van der Waals surface area contributed by atoms with Crippen LogP contribution in [0.15, 0.2) is 24.3 Å². The molecule has 0 radical (unpaired) electrons. The molecule has 0 aliphatic rings. The number of methoxy groups -OCH3 is 2. The minimum absolute atomic E-state index is 0.117. The van der Waals surface area contributed by atoms with Crippen molar-refractivity contribution in [1.82, 2.24) is 24.4 Å². The van der Waals surface area contributed by atoms with E-state index in [1.165, 1.54) is 0 Å². The number of carbonyl (C=O) groups is 1. The molecular formula is C24H33N6O5-. The molecule has 0 amide bonds.